The molecule has 2 rings (SSSR count). The maximum atomic E-state index is 12.2. The van der Waals surface area contributed by atoms with Crippen LogP contribution in [0.3, 0.4) is 0 Å². The third-order valence-electron chi connectivity index (χ3n) is 4.24. The molecule has 1 saturated carbocycles. The van der Waals surface area contributed by atoms with Crippen molar-refractivity contribution in [2.45, 2.75) is 31.3 Å². The number of nitrogens with two attached hydrogens (primary N) is 1. The normalized spacial score (nSPS) is 17.1. The van der Waals surface area contributed by atoms with Crippen LogP contribution in [0.15, 0.2) is 24.3 Å². The smallest absolute Gasteiger partial charge is 0.251 e. The molecule has 0 aliphatic heterocycles. The Labute approximate surface area is 115 Å². The summed E-state index contributed by atoms with van der Waals surface area (Å²) < 4.78 is 0. The van der Waals surface area contributed by atoms with Gasteiger partial charge in [-0.1, -0.05) is 12.1 Å². The van der Waals surface area contributed by atoms with E-state index in [1.807, 2.05) is 24.3 Å². The van der Waals surface area contributed by atoms with Crippen LogP contribution in [0, 0.1) is 0 Å². The first-order valence-corrected chi connectivity index (χ1v) is 6.82. The Morgan fingerprint density at radius 1 is 1.42 bits per heavy atom. The van der Waals surface area contributed by atoms with Crippen LogP contribution in [-0.2, 0) is 6.54 Å². The van der Waals surface area contributed by atoms with Crippen molar-refractivity contribution >= 4 is 5.91 Å². The fourth-order valence-corrected chi connectivity index (χ4v) is 2.55. The van der Waals surface area contributed by atoms with Crippen molar-refractivity contribution in [1.29, 1.82) is 0 Å². The van der Waals surface area contributed by atoms with Gasteiger partial charge in [0.25, 0.3) is 5.91 Å². The Balaban J connectivity index is 1.97. The third kappa shape index (κ3) is 2.96. The summed E-state index contributed by atoms with van der Waals surface area (Å²) in [6.07, 6.45) is 3.56. The second-order valence-corrected chi connectivity index (χ2v) is 5.56. The minimum Gasteiger partial charge on any atom is -0.350 e. The highest BCUT2D eigenvalue weighted by Gasteiger charge is 2.39. The molecule has 0 spiro atoms. The predicted molar refractivity (Wildman–Crippen MR) is 76.9 cm³/mol. The van der Waals surface area contributed by atoms with Gasteiger partial charge in [-0.15, -0.1) is 0 Å². The zero-order chi connectivity index (χ0) is 13.9. The van der Waals surface area contributed by atoms with Crippen molar-refractivity contribution in [1.82, 2.24) is 10.2 Å². The van der Waals surface area contributed by atoms with Crippen molar-refractivity contribution in [3.8, 4) is 0 Å². The quantitative estimate of drug-likeness (QED) is 0.841. The van der Waals surface area contributed by atoms with Gasteiger partial charge in [-0.3, -0.25) is 4.79 Å². The Bertz CT molecular complexity index is 452. The Hall–Kier alpha value is -1.39. The first-order valence-electron chi connectivity index (χ1n) is 6.82. The number of carbonyl (C=O) groups is 1. The van der Waals surface area contributed by atoms with E-state index >= 15 is 0 Å². The van der Waals surface area contributed by atoms with E-state index < -0.39 is 0 Å². The summed E-state index contributed by atoms with van der Waals surface area (Å²) in [5.74, 6) is -0.0107. The summed E-state index contributed by atoms with van der Waals surface area (Å²) in [5, 5.41) is 3.05. The molecule has 1 aliphatic carbocycles. The van der Waals surface area contributed by atoms with Gasteiger partial charge in [0.1, 0.15) is 0 Å². The molecule has 104 valence electrons. The molecule has 0 bridgehead atoms. The highest BCUT2D eigenvalue weighted by atomic mass is 16.1. The maximum Gasteiger partial charge on any atom is 0.251 e. The number of hydrogen-bond donors (Lipinski definition) is 2. The van der Waals surface area contributed by atoms with Gasteiger partial charge in [-0.25, -0.2) is 0 Å². The van der Waals surface area contributed by atoms with Crippen LogP contribution < -0.4 is 11.1 Å². The molecule has 1 fully saturated rings. The van der Waals surface area contributed by atoms with Gasteiger partial charge in [-0.2, -0.15) is 0 Å². The number of nitrogens with one attached hydrogen (secondary N) is 1. The lowest BCUT2D eigenvalue weighted by Gasteiger charge is -2.47. The number of benzene rings is 1. The zero-order valence-corrected chi connectivity index (χ0v) is 11.8. The molecule has 0 atom stereocenters. The van der Waals surface area contributed by atoms with Crippen LogP contribution in [0.5, 0.6) is 0 Å². The molecule has 1 aromatic rings. The van der Waals surface area contributed by atoms with E-state index in [2.05, 4.69) is 24.3 Å². The number of likely N-dealkylation sites (N-methyl/N-ethyl adjacent to an activating group) is 1. The van der Waals surface area contributed by atoms with Crippen molar-refractivity contribution in [3.63, 3.8) is 0 Å². The average Bonchev–Trinajstić information content (AvgIpc) is 2.37. The summed E-state index contributed by atoms with van der Waals surface area (Å²) in [6.45, 7) is 1.18. The molecule has 0 saturated heterocycles. The summed E-state index contributed by atoms with van der Waals surface area (Å²) in [4.78, 5) is 14.4. The Morgan fingerprint density at radius 2 is 2.16 bits per heavy atom. The highest BCUT2D eigenvalue weighted by molar-refractivity contribution is 5.94. The molecule has 0 radical (unpaired) electrons. The van der Waals surface area contributed by atoms with Gasteiger partial charge in [-0.05, 0) is 51.1 Å². The fourth-order valence-electron chi connectivity index (χ4n) is 2.55. The van der Waals surface area contributed by atoms with Crippen LogP contribution >= 0.6 is 0 Å². The van der Waals surface area contributed by atoms with Crippen LogP contribution in [0.25, 0.3) is 0 Å². The minimum absolute atomic E-state index is 0.0107. The van der Waals surface area contributed by atoms with Gasteiger partial charge in [0, 0.05) is 24.2 Å². The standard InChI is InChI=1S/C15H23N3O/c1-18(2)15(7-4-8-15)11-17-14(19)13-6-3-5-12(9-13)10-16/h3,5-6,9H,4,7-8,10-11,16H2,1-2H3,(H,17,19). The third-order valence-corrected chi connectivity index (χ3v) is 4.24. The Morgan fingerprint density at radius 3 is 2.68 bits per heavy atom. The van der Waals surface area contributed by atoms with Crippen molar-refractivity contribution in [2.75, 3.05) is 20.6 Å². The van der Waals surface area contributed by atoms with E-state index in [4.69, 9.17) is 5.73 Å². The van der Waals surface area contributed by atoms with E-state index in [1.165, 1.54) is 6.42 Å². The number of nitrogens with zero attached hydrogens (tertiary/aromatic N) is 1. The minimum atomic E-state index is -0.0107. The SMILES string of the molecule is CN(C)C1(CNC(=O)c2cccc(CN)c2)CCC1. The molecule has 0 unspecified atom stereocenters. The Kier molecular flexibility index (Phi) is 4.22. The molecule has 1 amide bonds. The summed E-state index contributed by atoms with van der Waals surface area (Å²) in [7, 11) is 4.17. The largest absolute Gasteiger partial charge is 0.350 e. The highest BCUT2D eigenvalue weighted by Crippen LogP contribution is 2.35. The molecule has 1 aromatic carbocycles. The van der Waals surface area contributed by atoms with Gasteiger partial charge >= 0.3 is 0 Å². The van der Waals surface area contributed by atoms with E-state index in [9.17, 15) is 4.79 Å². The fraction of sp³-hybridized carbons (Fsp3) is 0.533. The van der Waals surface area contributed by atoms with Crippen molar-refractivity contribution < 1.29 is 4.79 Å². The molecule has 4 heteroatoms. The van der Waals surface area contributed by atoms with Gasteiger partial charge < -0.3 is 16.0 Å². The summed E-state index contributed by atoms with van der Waals surface area (Å²) >= 11 is 0. The van der Waals surface area contributed by atoms with Crippen LogP contribution in [-0.4, -0.2) is 37.0 Å². The van der Waals surface area contributed by atoms with E-state index in [0.717, 1.165) is 18.4 Å². The number of rotatable bonds is 5. The molecule has 3 N–H and O–H groups in total. The van der Waals surface area contributed by atoms with E-state index in [0.29, 0.717) is 18.7 Å². The predicted octanol–water partition coefficient (Wildman–Crippen LogP) is 1.36. The number of carbonyl (C=O) groups excluding carboxylic acids is 1. The number of hydrogen-bond acceptors (Lipinski definition) is 3. The molecule has 0 aromatic heterocycles. The summed E-state index contributed by atoms with van der Waals surface area (Å²) in [5.41, 5.74) is 7.42. The molecular formula is C15H23N3O. The monoisotopic (exact) mass is 261 g/mol. The van der Waals surface area contributed by atoms with E-state index in [1.54, 1.807) is 0 Å². The topological polar surface area (TPSA) is 58.4 Å². The van der Waals surface area contributed by atoms with Crippen molar-refractivity contribution in [3.05, 3.63) is 35.4 Å². The molecular weight excluding hydrogens is 238 g/mol. The average molecular weight is 261 g/mol. The lowest BCUT2D eigenvalue weighted by Crippen LogP contribution is -2.57. The van der Waals surface area contributed by atoms with Crippen LogP contribution in [0.1, 0.15) is 35.2 Å². The molecule has 4 nitrogen and oxygen atoms in total. The maximum absolute atomic E-state index is 12.2. The number of amides is 1. The molecule has 0 heterocycles. The summed E-state index contributed by atoms with van der Waals surface area (Å²) in [6, 6.07) is 7.50. The van der Waals surface area contributed by atoms with E-state index in [-0.39, 0.29) is 11.4 Å². The first kappa shape index (κ1) is 14.0. The van der Waals surface area contributed by atoms with Crippen LogP contribution in [0.2, 0.25) is 0 Å². The second-order valence-electron chi connectivity index (χ2n) is 5.56. The van der Waals surface area contributed by atoms with Gasteiger partial charge in [0.15, 0.2) is 0 Å². The first-order chi connectivity index (χ1) is 9.07. The lowest BCUT2D eigenvalue weighted by atomic mass is 9.75. The molecule has 19 heavy (non-hydrogen) atoms. The second kappa shape index (κ2) is 5.72. The van der Waals surface area contributed by atoms with Crippen LogP contribution in [0.4, 0.5) is 0 Å². The van der Waals surface area contributed by atoms with Crippen molar-refractivity contribution in [2.24, 2.45) is 5.73 Å². The van der Waals surface area contributed by atoms with Gasteiger partial charge in [0.2, 0.25) is 0 Å². The molecule has 1 aliphatic rings. The zero-order valence-electron chi connectivity index (χ0n) is 11.8. The van der Waals surface area contributed by atoms with Gasteiger partial charge in [0.05, 0.1) is 0 Å². The lowest BCUT2D eigenvalue weighted by molar-refractivity contribution is 0.0557.